The quantitative estimate of drug-likeness (QED) is 0.0561. The number of hydrogen-bond acceptors (Lipinski definition) is 3. The fourth-order valence-electron chi connectivity index (χ4n) is 20.0. The summed E-state index contributed by atoms with van der Waals surface area (Å²) in [6, 6.07) is 109. The minimum Gasteiger partial charge on any atom is -0.457 e. The van der Waals surface area contributed by atoms with Gasteiger partial charge in [0.15, 0.2) is 23.3 Å². The third-order valence-corrected chi connectivity index (χ3v) is 25.4. The smallest absolute Gasteiger partial charge is 0.166 e. The number of anilines is 3. The van der Waals surface area contributed by atoms with Gasteiger partial charge in [-0.05, 0) is 281 Å². The van der Waals surface area contributed by atoms with Crippen molar-refractivity contribution >= 4 is 40.4 Å². The minimum absolute atomic E-state index is 0.141. The summed E-state index contributed by atoms with van der Waals surface area (Å²) in [5.41, 5.74) is 21.2. The van der Waals surface area contributed by atoms with Gasteiger partial charge in [-0.3, -0.25) is 0 Å². The van der Waals surface area contributed by atoms with Gasteiger partial charge in [0.05, 0.1) is 16.2 Å². The number of ether oxygens (including phenoxy) is 2. The Balaban J connectivity index is 0.732. The van der Waals surface area contributed by atoms with Crippen molar-refractivity contribution in [2.75, 3.05) is 4.90 Å². The molecule has 4 unspecified atom stereocenters. The molecular formula is C112H77F6NO2. The molecule has 9 heteroatoms. The highest BCUT2D eigenvalue weighted by Crippen LogP contribution is 2.66. The van der Waals surface area contributed by atoms with Crippen molar-refractivity contribution in [2.24, 2.45) is 0 Å². The Kier molecular flexibility index (Phi) is 18.3. The van der Waals surface area contributed by atoms with Crippen LogP contribution < -0.4 is 14.4 Å². The molecule has 0 amide bonds. The van der Waals surface area contributed by atoms with Crippen LogP contribution in [-0.2, 0) is 22.7 Å². The molecule has 0 heterocycles. The Morgan fingerprint density at radius 2 is 0.719 bits per heavy atom. The second kappa shape index (κ2) is 29.5. The monoisotopic (exact) mass is 1580 g/mol. The molecule has 4 aliphatic carbocycles. The van der Waals surface area contributed by atoms with E-state index in [1.165, 1.54) is 18.2 Å². The molecule has 0 aliphatic heterocycles. The fourth-order valence-corrected chi connectivity index (χ4v) is 20.0. The lowest BCUT2D eigenvalue weighted by Crippen LogP contribution is -2.32. The number of nitrogens with zero attached hydrogens (tertiary/aromatic N) is 1. The fraction of sp³-hybridized carbons (Fsp3) is 0.0714. The molecule has 1 spiro atoms. The molecule has 0 saturated carbocycles. The number of rotatable bonds is 20. The summed E-state index contributed by atoms with van der Waals surface area (Å²) in [6.07, 6.45) is 4.55. The first kappa shape index (κ1) is 75.2. The van der Waals surface area contributed by atoms with Gasteiger partial charge in [-0.15, -0.1) is 0 Å². The molecular weight excluding hydrogens is 1510 g/mol. The van der Waals surface area contributed by atoms with Crippen LogP contribution in [-0.4, -0.2) is 0 Å². The van der Waals surface area contributed by atoms with E-state index in [0.29, 0.717) is 69.2 Å². The van der Waals surface area contributed by atoms with Crippen molar-refractivity contribution in [3.63, 3.8) is 0 Å². The molecule has 3 nitrogen and oxygen atoms in total. The van der Waals surface area contributed by atoms with Crippen LogP contribution in [0.3, 0.4) is 0 Å². The zero-order chi connectivity index (χ0) is 82.7. The van der Waals surface area contributed by atoms with Gasteiger partial charge in [0.2, 0.25) is 0 Å². The van der Waals surface area contributed by atoms with E-state index in [9.17, 15) is 0 Å². The van der Waals surface area contributed by atoms with Crippen molar-refractivity contribution in [1.82, 2.24) is 0 Å². The Morgan fingerprint density at radius 3 is 1.20 bits per heavy atom. The molecule has 584 valence electrons. The van der Waals surface area contributed by atoms with Crippen LogP contribution in [0.25, 0.3) is 67.8 Å². The van der Waals surface area contributed by atoms with E-state index >= 15 is 26.3 Å². The molecule has 4 aliphatic rings. The van der Waals surface area contributed by atoms with Gasteiger partial charge >= 0.3 is 0 Å². The number of fused-ring (bicyclic) bond motifs is 16. The highest BCUT2D eigenvalue weighted by atomic mass is 19.2. The average Bonchev–Trinajstić information content (AvgIpc) is 1.51. The lowest BCUT2D eigenvalue weighted by atomic mass is 9.65. The maximum atomic E-state index is 18.2. The topological polar surface area (TPSA) is 21.7 Å². The van der Waals surface area contributed by atoms with Crippen LogP contribution in [0.15, 0.2) is 366 Å². The number of hydrogen-bond donors (Lipinski definition) is 0. The number of aryl methyl sites for hydroxylation is 1. The van der Waals surface area contributed by atoms with Crippen molar-refractivity contribution in [3.8, 4) is 67.5 Å². The summed E-state index contributed by atoms with van der Waals surface area (Å²) in [6.45, 7) is 20.4. The molecule has 16 aromatic rings. The first-order valence-electron chi connectivity index (χ1n) is 40.6. The van der Waals surface area contributed by atoms with Crippen LogP contribution in [0.2, 0.25) is 0 Å². The lowest BCUT2D eigenvalue weighted by Gasteiger charge is -2.37. The predicted molar refractivity (Wildman–Crippen MR) is 477 cm³/mol. The van der Waals surface area contributed by atoms with Crippen LogP contribution >= 0.6 is 0 Å². The Bertz CT molecular complexity index is 6940. The molecule has 4 atom stereocenters. The van der Waals surface area contributed by atoms with E-state index in [0.717, 1.165) is 146 Å². The summed E-state index contributed by atoms with van der Waals surface area (Å²) >= 11 is 0. The van der Waals surface area contributed by atoms with Gasteiger partial charge < -0.3 is 14.4 Å². The van der Waals surface area contributed by atoms with Crippen LogP contribution in [0.1, 0.15) is 132 Å². The number of allylic oxidation sites excluding steroid dienone is 2. The number of halogens is 6. The van der Waals surface area contributed by atoms with Crippen LogP contribution in [0.5, 0.6) is 23.0 Å². The van der Waals surface area contributed by atoms with E-state index in [-0.39, 0.29) is 5.56 Å². The summed E-state index contributed by atoms with van der Waals surface area (Å²) in [7, 11) is 0. The van der Waals surface area contributed by atoms with E-state index in [2.05, 4.69) is 171 Å². The first-order valence-corrected chi connectivity index (χ1v) is 40.6. The summed E-state index contributed by atoms with van der Waals surface area (Å²) in [4.78, 5) is 2.26. The van der Waals surface area contributed by atoms with E-state index in [1.807, 2.05) is 153 Å². The van der Waals surface area contributed by atoms with Crippen molar-refractivity contribution in [1.29, 1.82) is 0 Å². The van der Waals surface area contributed by atoms with E-state index in [4.69, 9.17) is 9.47 Å². The Morgan fingerprint density at radius 1 is 0.339 bits per heavy atom. The summed E-state index contributed by atoms with van der Waals surface area (Å²) in [5.74, 6) is -3.97. The molecule has 121 heavy (non-hydrogen) atoms. The van der Waals surface area contributed by atoms with Gasteiger partial charge in [-0.1, -0.05) is 274 Å². The van der Waals surface area contributed by atoms with Crippen molar-refractivity contribution < 1.29 is 35.8 Å². The van der Waals surface area contributed by atoms with Crippen LogP contribution in [0, 0.1) is 34.9 Å². The molecule has 0 N–H and O–H groups in total. The molecule has 20 rings (SSSR count). The van der Waals surface area contributed by atoms with Crippen molar-refractivity contribution in [3.05, 3.63) is 507 Å². The molecule has 0 radical (unpaired) electrons. The lowest BCUT2D eigenvalue weighted by molar-refractivity contribution is 0.463. The maximum absolute atomic E-state index is 18.2. The molecule has 0 aromatic heterocycles. The SMILES string of the molecule is C=Cc1ccc(Oc2ccc(C3(c4c(F)ccc(F)c4F)c4ccccc4-c4ccc(C(CCc5ccc6c(c5)C5(c7ccccc7-6)c6ccccc6-c6ccc(N(c7ccc(C(=C)C)cc7)c7ccc8c(c7)C(c7ccc(Oc9ccc(C=C)cc9)cc7)(c7c(C(=C)C)ccc(F)c7F)c7ccccc7-8)cc65)c5ccc(F)cc5)cc43)cc2)cc1. The van der Waals surface area contributed by atoms with Crippen LogP contribution in [0.4, 0.5) is 43.4 Å². The highest BCUT2D eigenvalue weighted by molar-refractivity contribution is 5.98. The Labute approximate surface area is 699 Å². The standard InChI is InChI=1S/C112H77F6NO2/c1-7-69-25-46-81(47-26-69)120-83-50-36-75(37-51-83)110(106-85(68(5)6)59-60-104(115)108(106)117)95-21-13-9-18-88(95)93-57-44-79(65-101(93)110)119(78-42-33-72(34-43-78)67(3)4)80-45-58-94-90-20-12-16-24-98(90)112(102(94)66-80)97-23-15-11-19-89(97)91-55-30-71(63-99(91)112)29-54-86(73-31-40-77(113)41-32-73)74-35-56-92-87-17-10-14-22-96(87)111(100(92)64-74,107-103(114)61-62-105(116)109(107)118)76-38-52-84(53-39-76)121-82-48-27-70(8-2)28-49-82/h7-28,30-53,55-66,86H,1-3,5,29,54H2,4,6H3. The minimum atomic E-state index is -1.73. The third kappa shape index (κ3) is 11.9. The van der Waals surface area contributed by atoms with Gasteiger partial charge in [-0.25, -0.2) is 26.3 Å². The van der Waals surface area contributed by atoms with E-state index < -0.39 is 62.6 Å². The number of benzene rings is 16. The third-order valence-electron chi connectivity index (χ3n) is 25.4. The predicted octanol–water partition coefficient (Wildman–Crippen LogP) is 29.8. The second-order valence-electron chi connectivity index (χ2n) is 32.0. The largest absolute Gasteiger partial charge is 0.457 e. The first-order chi connectivity index (χ1) is 59.0. The molecule has 0 saturated heterocycles. The summed E-state index contributed by atoms with van der Waals surface area (Å²) < 4.78 is 114. The zero-order valence-electron chi connectivity index (χ0n) is 66.3. The highest BCUT2D eigenvalue weighted by Gasteiger charge is 2.55. The maximum Gasteiger partial charge on any atom is 0.166 e. The van der Waals surface area contributed by atoms with Gasteiger partial charge in [0, 0.05) is 34.1 Å². The molecule has 0 fully saturated rings. The van der Waals surface area contributed by atoms with Gasteiger partial charge in [0.25, 0.3) is 0 Å². The zero-order valence-corrected chi connectivity index (χ0v) is 66.3. The normalized spacial score (nSPS) is 16.0. The second-order valence-corrected chi connectivity index (χ2v) is 32.0. The van der Waals surface area contributed by atoms with Gasteiger partial charge in [-0.2, -0.15) is 0 Å². The molecule has 16 aromatic carbocycles. The average molecular weight is 1580 g/mol. The van der Waals surface area contributed by atoms with E-state index in [1.54, 1.807) is 42.5 Å². The molecule has 0 bridgehead atoms. The Hall–Kier alpha value is -14.5. The van der Waals surface area contributed by atoms with Gasteiger partial charge in [0.1, 0.15) is 34.6 Å². The summed E-state index contributed by atoms with van der Waals surface area (Å²) in [5, 5.41) is 0. The van der Waals surface area contributed by atoms with Crippen molar-refractivity contribution in [2.45, 2.75) is 48.9 Å².